The summed E-state index contributed by atoms with van der Waals surface area (Å²) in [6.45, 7) is 15.3. The molecule has 178 valence electrons. The highest BCUT2D eigenvalue weighted by molar-refractivity contribution is 8.00. The van der Waals surface area contributed by atoms with E-state index >= 15 is 0 Å². The van der Waals surface area contributed by atoms with Crippen LogP contribution in [0.1, 0.15) is 57.8 Å². The normalized spacial score (nSPS) is 12.2. The maximum atomic E-state index is 12.5. The predicted molar refractivity (Wildman–Crippen MR) is 139 cm³/mol. The van der Waals surface area contributed by atoms with Gasteiger partial charge in [-0.2, -0.15) is 0 Å². The molecular formula is C24H33N3O3S2Si. The number of hydrogen-bond donors (Lipinski definition) is 1. The number of hydrogen-bond acceptors (Lipinski definition) is 7. The van der Waals surface area contributed by atoms with E-state index in [1.807, 2.05) is 24.3 Å². The fraction of sp³-hybridized carbons (Fsp3) is 0.458. The number of nitrogens with one attached hydrogen (secondary N) is 1. The van der Waals surface area contributed by atoms with Crippen LogP contribution in [0.2, 0.25) is 18.1 Å². The van der Waals surface area contributed by atoms with Gasteiger partial charge in [0.15, 0.2) is 5.13 Å². The molecule has 33 heavy (non-hydrogen) atoms. The van der Waals surface area contributed by atoms with Crippen molar-refractivity contribution in [2.75, 3.05) is 5.32 Å². The van der Waals surface area contributed by atoms with E-state index in [2.05, 4.69) is 63.0 Å². The zero-order valence-corrected chi connectivity index (χ0v) is 23.0. The van der Waals surface area contributed by atoms with Gasteiger partial charge in [0.2, 0.25) is 20.1 Å². The van der Waals surface area contributed by atoms with E-state index in [-0.39, 0.29) is 17.4 Å². The topological polar surface area (TPSA) is 77.2 Å². The van der Waals surface area contributed by atoms with Crippen molar-refractivity contribution in [2.24, 2.45) is 0 Å². The first-order valence-corrected chi connectivity index (χ1v) is 15.7. The fourth-order valence-electron chi connectivity index (χ4n) is 2.65. The molecule has 3 rings (SSSR count). The summed E-state index contributed by atoms with van der Waals surface area (Å²) in [5, 5.41) is 3.63. The van der Waals surface area contributed by atoms with Crippen LogP contribution in [0, 0.1) is 0 Å². The molecule has 1 N–H and O–H groups in total. The Bertz CT molecular complexity index is 1070. The molecule has 0 fully saturated rings. The molecule has 0 saturated heterocycles. The maximum Gasteiger partial charge on any atom is 0.250 e. The van der Waals surface area contributed by atoms with E-state index in [9.17, 15) is 4.79 Å². The number of amides is 1. The average molecular weight is 504 g/mol. The van der Waals surface area contributed by atoms with Crippen molar-refractivity contribution in [3.05, 3.63) is 53.9 Å². The summed E-state index contributed by atoms with van der Waals surface area (Å²) in [7, 11) is -1.87. The zero-order chi connectivity index (χ0) is 24.2. The Kier molecular flexibility index (Phi) is 8.07. The lowest BCUT2D eigenvalue weighted by Gasteiger charge is -2.36. The number of oxazole rings is 1. The van der Waals surface area contributed by atoms with Gasteiger partial charge in [-0.05, 0) is 35.8 Å². The van der Waals surface area contributed by atoms with E-state index in [4.69, 9.17) is 8.84 Å². The van der Waals surface area contributed by atoms with Crippen LogP contribution in [0.3, 0.4) is 0 Å². The molecule has 9 heteroatoms. The number of thioether (sulfide) groups is 1. The second kappa shape index (κ2) is 10.4. The molecule has 6 nitrogen and oxygen atoms in total. The SMILES string of the molecule is CC(C)c1cnc(CSc2cnc(NC(=O)Cc3ccc(O[Si](C)(C)C(C)(C)C)cc3)s2)o1. The first-order chi connectivity index (χ1) is 15.4. The molecule has 0 aliphatic heterocycles. The van der Waals surface area contributed by atoms with Crippen LogP contribution in [0.25, 0.3) is 0 Å². The molecule has 2 heterocycles. The highest BCUT2D eigenvalue weighted by Crippen LogP contribution is 2.37. The number of aromatic nitrogens is 2. The second-order valence-corrected chi connectivity index (χ2v) is 16.8. The van der Waals surface area contributed by atoms with Gasteiger partial charge in [0.25, 0.3) is 0 Å². The highest BCUT2D eigenvalue weighted by atomic mass is 32.2. The Morgan fingerprint density at radius 2 is 1.88 bits per heavy atom. The third-order valence-corrected chi connectivity index (χ3v) is 12.1. The predicted octanol–water partition coefficient (Wildman–Crippen LogP) is 7.11. The van der Waals surface area contributed by atoms with E-state index < -0.39 is 8.32 Å². The minimum atomic E-state index is -1.87. The summed E-state index contributed by atoms with van der Waals surface area (Å²) in [5.41, 5.74) is 0.936. The first-order valence-electron chi connectivity index (χ1n) is 11.0. The van der Waals surface area contributed by atoms with Crippen LogP contribution in [0.5, 0.6) is 5.75 Å². The molecule has 2 aromatic heterocycles. The average Bonchev–Trinajstić information content (AvgIpc) is 3.36. The molecule has 0 atom stereocenters. The van der Waals surface area contributed by atoms with Gasteiger partial charge in [-0.25, -0.2) is 9.97 Å². The quantitative estimate of drug-likeness (QED) is 0.248. The zero-order valence-electron chi connectivity index (χ0n) is 20.4. The van der Waals surface area contributed by atoms with Crippen LogP contribution in [0.15, 0.2) is 45.3 Å². The first kappa shape index (κ1) is 25.5. The molecule has 0 aliphatic carbocycles. The molecule has 0 spiro atoms. The summed E-state index contributed by atoms with van der Waals surface area (Å²) >= 11 is 3.05. The Labute approximate surface area is 205 Å². The Morgan fingerprint density at radius 1 is 1.18 bits per heavy atom. The van der Waals surface area contributed by atoms with Crippen LogP contribution >= 0.6 is 23.1 Å². The lowest BCUT2D eigenvalue weighted by Crippen LogP contribution is -2.43. The van der Waals surface area contributed by atoms with Crippen molar-refractivity contribution < 1.29 is 13.6 Å². The van der Waals surface area contributed by atoms with Crippen LogP contribution < -0.4 is 9.74 Å². The van der Waals surface area contributed by atoms with Gasteiger partial charge in [0.05, 0.1) is 28.8 Å². The van der Waals surface area contributed by atoms with Gasteiger partial charge in [0, 0.05) is 5.92 Å². The number of nitrogens with zero attached hydrogens (tertiary/aromatic N) is 2. The molecule has 1 aromatic carbocycles. The summed E-state index contributed by atoms with van der Waals surface area (Å²) in [5.74, 6) is 3.31. The monoisotopic (exact) mass is 503 g/mol. The highest BCUT2D eigenvalue weighted by Gasteiger charge is 2.38. The number of carbonyl (C=O) groups is 1. The summed E-state index contributed by atoms with van der Waals surface area (Å²) < 4.78 is 13.0. The van der Waals surface area contributed by atoms with Crippen molar-refractivity contribution >= 4 is 42.5 Å². The molecule has 0 unspecified atom stereocenters. The van der Waals surface area contributed by atoms with Gasteiger partial charge >= 0.3 is 0 Å². The van der Waals surface area contributed by atoms with Crippen molar-refractivity contribution in [2.45, 2.75) is 75.1 Å². The Morgan fingerprint density at radius 3 is 2.48 bits per heavy atom. The summed E-state index contributed by atoms with van der Waals surface area (Å²) in [6, 6.07) is 7.81. The standard InChI is InChI=1S/C24H33N3O3S2Si/c1-16(2)19-13-25-21(29-19)15-31-22-14-26-23(32-22)27-20(28)12-17-8-10-18(11-9-17)30-33(6,7)24(3,4)5/h8-11,13-14,16H,12,15H2,1-7H3,(H,26,27,28). The molecule has 1 amide bonds. The van der Waals surface area contributed by atoms with Crippen LogP contribution in [-0.4, -0.2) is 24.2 Å². The van der Waals surface area contributed by atoms with E-state index in [0.717, 1.165) is 21.3 Å². The summed E-state index contributed by atoms with van der Waals surface area (Å²) in [4.78, 5) is 21.1. The number of anilines is 1. The molecule has 0 saturated carbocycles. The minimum Gasteiger partial charge on any atom is -0.544 e. The minimum absolute atomic E-state index is 0.0896. The lowest BCUT2D eigenvalue weighted by atomic mass is 10.1. The van der Waals surface area contributed by atoms with Crippen LogP contribution in [-0.2, 0) is 17.0 Å². The third kappa shape index (κ3) is 7.19. The molecule has 0 bridgehead atoms. The lowest BCUT2D eigenvalue weighted by molar-refractivity contribution is -0.115. The summed E-state index contributed by atoms with van der Waals surface area (Å²) in [6.07, 6.45) is 3.84. The van der Waals surface area contributed by atoms with Gasteiger partial charge in [-0.1, -0.05) is 58.1 Å². The van der Waals surface area contributed by atoms with Crippen molar-refractivity contribution in [3.63, 3.8) is 0 Å². The second-order valence-electron chi connectivity index (χ2n) is 9.82. The molecule has 0 aliphatic rings. The van der Waals surface area contributed by atoms with Crippen LogP contribution in [0.4, 0.5) is 5.13 Å². The van der Waals surface area contributed by atoms with E-state index in [1.54, 1.807) is 24.2 Å². The Balaban J connectivity index is 1.49. The van der Waals surface area contributed by atoms with Gasteiger partial charge in [-0.15, -0.1) is 11.8 Å². The molecule has 3 aromatic rings. The van der Waals surface area contributed by atoms with E-state index in [0.29, 0.717) is 22.7 Å². The molecule has 0 radical (unpaired) electrons. The molecular weight excluding hydrogens is 471 g/mol. The number of thiazole rings is 1. The number of carbonyl (C=O) groups excluding carboxylic acids is 1. The van der Waals surface area contributed by atoms with Gasteiger partial charge in [0.1, 0.15) is 11.5 Å². The fourth-order valence-corrected chi connectivity index (χ4v) is 5.42. The van der Waals surface area contributed by atoms with Crippen molar-refractivity contribution in [1.82, 2.24) is 9.97 Å². The van der Waals surface area contributed by atoms with Crippen molar-refractivity contribution in [3.8, 4) is 5.75 Å². The van der Waals surface area contributed by atoms with Gasteiger partial charge < -0.3 is 14.2 Å². The van der Waals surface area contributed by atoms with Crippen molar-refractivity contribution in [1.29, 1.82) is 0 Å². The third-order valence-electron chi connectivity index (χ3n) is 5.68. The largest absolute Gasteiger partial charge is 0.544 e. The number of rotatable bonds is 9. The number of benzene rings is 1. The smallest absolute Gasteiger partial charge is 0.250 e. The van der Waals surface area contributed by atoms with Gasteiger partial charge in [-0.3, -0.25) is 4.79 Å². The Hall–Kier alpha value is -2.10. The maximum absolute atomic E-state index is 12.5. The van der Waals surface area contributed by atoms with E-state index in [1.165, 1.54) is 11.3 Å².